The molecule has 1 heterocycles. The van der Waals surface area contributed by atoms with Crippen molar-refractivity contribution in [3.63, 3.8) is 0 Å². The van der Waals surface area contributed by atoms with Crippen molar-refractivity contribution in [3.05, 3.63) is 23.8 Å². The number of ether oxygens (including phenoxy) is 1. The molecule has 1 unspecified atom stereocenters. The van der Waals surface area contributed by atoms with Crippen LogP contribution < -0.4 is 5.32 Å². The second kappa shape index (κ2) is 7.70. The molecule has 0 aromatic carbocycles. The van der Waals surface area contributed by atoms with Gasteiger partial charge in [-0.2, -0.15) is 0 Å². The quantitative estimate of drug-likeness (QED) is 0.831. The summed E-state index contributed by atoms with van der Waals surface area (Å²) in [7, 11) is 0. The summed E-state index contributed by atoms with van der Waals surface area (Å²) in [6.45, 7) is 15.3. The van der Waals surface area contributed by atoms with E-state index < -0.39 is 0 Å². The number of nitrogens with one attached hydrogen (secondary N) is 1. The molecular weight excluding hydrogens is 250 g/mol. The molecule has 1 aromatic rings. The van der Waals surface area contributed by atoms with Crippen LogP contribution in [-0.4, -0.2) is 23.1 Å². The maximum absolute atomic E-state index is 5.84. The Kier molecular flexibility index (Phi) is 6.56. The van der Waals surface area contributed by atoms with Gasteiger partial charge >= 0.3 is 0 Å². The molecule has 20 heavy (non-hydrogen) atoms. The van der Waals surface area contributed by atoms with Crippen LogP contribution in [0.2, 0.25) is 0 Å². The summed E-state index contributed by atoms with van der Waals surface area (Å²) in [6, 6.07) is 1.96. The third kappa shape index (κ3) is 5.55. The molecule has 1 rings (SSSR count). The van der Waals surface area contributed by atoms with Gasteiger partial charge in [-0.1, -0.05) is 34.6 Å². The molecule has 0 saturated carbocycles. The number of hydrogen-bond donors (Lipinski definition) is 1. The fourth-order valence-corrected chi connectivity index (χ4v) is 2.01. The van der Waals surface area contributed by atoms with Crippen molar-refractivity contribution < 1.29 is 4.74 Å². The van der Waals surface area contributed by atoms with Crippen LogP contribution in [0, 0.1) is 11.3 Å². The van der Waals surface area contributed by atoms with E-state index in [0.717, 1.165) is 24.6 Å². The molecule has 4 heteroatoms. The van der Waals surface area contributed by atoms with Gasteiger partial charge in [-0.15, -0.1) is 0 Å². The monoisotopic (exact) mass is 279 g/mol. The average molecular weight is 279 g/mol. The summed E-state index contributed by atoms with van der Waals surface area (Å²) in [4.78, 5) is 9.06. The Morgan fingerprint density at radius 2 is 2.00 bits per heavy atom. The first-order valence-electron chi connectivity index (χ1n) is 7.48. The number of hydrogen-bond acceptors (Lipinski definition) is 4. The van der Waals surface area contributed by atoms with Crippen molar-refractivity contribution in [1.29, 1.82) is 0 Å². The molecule has 114 valence electrons. The van der Waals surface area contributed by atoms with Gasteiger partial charge in [0.25, 0.3) is 0 Å². The van der Waals surface area contributed by atoms with Gasteiger partial charge in [-0.25, -0.2) is 9.97 Å². The first-order valence-corrected chi connectivity index (χ1v) is 7.48. The first-order chi connectivity index (χ1) is 9.34. The first kappa shape index (κ1) is 17.1. The summed E-state index contributed by atoms with van der Waals surface area (Å²) in [5.74, 6) is 1.42. The van der Waals surface area contributed by atoms with E-state index >= 15 is 0 Å². The van der Waals surface area contributed by atoms with Crippen LogP contribution in [0.4, 0.5) is 0 Å². The van der Waals surface area contributed by atoms with E-state index in [0.29, 0.717) is 12.5 Å². The molecule has 1 atom stereocenters. The minimum atomic E-state index is -0.0717. The van der Waals surface area contributed by atoms with Crippen LogP contribution in [0.5, 0.6) is 0 Å². The molecule has 0 radical (unpaired) electrons. The molecule has 0 bridgehead atoms. The van der Waals surface area contributed by atoms with E-state index in [1.165, 1.54) is 0 Å². The standard InChI is InChI=1S/C16H29N3O/c1-7-20-14(16(4,5)6)15-18-9-8-13(19-15)11-17-10-12(2)3/h8-9,12,14,17H,7,10-11H2,1-6H3. The Morgan fingerprint density at radius 3 is 2.55 bits per heavy atom. The van der Waals surface area contributed by atoms with Gasteiger partial charge in [-0.05, 0) is 30.9 Å². The molecule has 0 saturated heterocycles. The van der Waals surface area contributed by atoms with Crippen molar-refractivity contribution >= 4 is 0 Å². The second-order valence-corrected chi connectivity index (χ2v) is 6.63. The largest absolute Gasteiger partial charge is 0.370 e. The summed E-state index contributed by atoms with van der Waals surface area (Å²) < 4.78 is 5.84. The van der Waals surface area contributed by atoms with Crippen LogP contribution in [-0.2, 0) is 11.3 Å². The number of nitrogens with zero attached hydrogens (tertiary/aromatic N) is 2. The summed E-state index contributed by atoms with van der Waals surface area (Å²) in [6.07, 6.45) is 1.75. The highest BCUT2D eigenvalue weighted by atomic mass is 16.5. The van der Waals surface area contributed by atoms with E-state index in [2.05, 4.69) is 49.9 Å². The molecule has 4 nitrogen and oxygen atoms in total. The molecule has 0 fully saturated rings. The Hall–Kier alpha value is -1.00. The van der Waals surface area contributed by atoms with Gasteiger partial charge in [0.15, 0.2) is 5.82 Å². The predicted octanol–water partition coefficient (Wildman–Crippen LogP) is 3.35. The molecule has 0 amide bonds. The average Bonchev–Trinajstić information content (AvgIpc) is 2.34. The number of rotatable bonds is 7. The number of aromatic nitrogens is 2. The lowest BCUT2D eigenvalue weighted by molar-refractivity contribution is -0.0192. The van der Waals surface area contributed by atoms with E-state index in [1.807, 2.05) is 19.2 Å². The molecule has 1 N–H and O–H groups in total. The minimum Gasteiger partial charge on any atom is -0.370 e. The lowest BCUT2D eigenvalue weighted by Gasteiger charge is -2.29. The van der Waals surface area contributed by atoms with Crippen LogP contribution in [0.1, 0.15) is 59.2 Å². The van der Waals surface area contributed by atoms with Gasteiger partial charge < -0.3 is 10.1 Å². The van der Waals surface area contributed by atoms with Gasteiger partial charge in [0.1, 0.15) is 6.10 Å². The zero-order valence-corrected chi connectivity index (χ0v) is 13.7. The Balaban J connectivity index is 2.79. The van der Waals surface area contributed by atoms with Gasteiger partial charge in [0.2, 0.25) is 0 Å². The second-order valence-electron chi connectivity index (χ2n) is 6.63. The molecule has 0 spiro atoms. The Morgan fingerprint density at radius 1 is 1.30 bits per heavy atom. The lowest BCUT2D eigenvalue weighted by Crippen LogP contribution is -2.25. The maximum atomic E-state index is 5.84. The smallest absolute Gasteiger partial charge is 0.157 e. The van der Waals surface area contributed by atoms with E-state index in [-0.39, 0.29) is 11.5 Å². The van der Waals surface area contributed by atoms with E-state index in [1.54, 1.807) is 0 Å². The highest BCUT2D eigenvalue weighted by molar-refractivity contribution is 5.06. The zero-order valence-electron chi connectivity index (χ0n) is 13.7. The molecule has 0 aliphatic carbocycles. The Labute approximate surface area is 123 Å². The van der Waals surface area contributed by atoms with Crippen molar-refractivity contribution in [2.75, 3.05) is 13.2 Å². The molecular formula is C16H29N3O. The SMILES string of the molecule is CCOC(c1nccc(CNCC(C)C)n1)C(C)(C)C. The molecule has 0 aliphatic rings. The maximum Gasteiger partial charge on any atom is 0.157 e. The van der Waals surface area contributed by atoms with Crippen molar-refractivity contribution in [2.45, 2.75) is 54.2 Å². The minimum absolute atomic E-state index is 0.0139. The highest BCUT2D eigenvalue weighted by Crippen LogP contribution is 2.33. The van der Waals surface area contributed by atoms with Gasteiger partial charge in [-0.3, -0.25) is 0 Å². The third-order valence-electron chi connectivity index (χ3n) is 2.94. The van der Waals surface area contributed by atoms with Crippen molar-refractivity contribution in [2.24, 2.45) is 11.3 Å². The van der Waals surface area contributed by atoms with E-state index in [4.69, 9.17) is 4.74 Å². The van der Waals surface area contributed by atoms with Crippen LogP contribution in [0.25, 0.3) is 0 Å². The predicted molar refractivity (Wildman–Crippen MR) is 82.4 cm³/mol. The summed E-state index contributed by atoms with van der Waals surface area (Å²) in [5, 5.41) is 3.41. The lowest BCUT2D eigenvalue weighted by atomic mass is 9.88. The zero-order chi connectivity index (χ0) is 15.2. The van der Waals surface area contributed by atoms with E-state index in [9.17, 15) is 0 Å². The van der Waals surface area contributed by atoms with Crippen LogP contribution >= 0.6 is 0 Å². The summed E-state index contributed by atoms with van der Waals surface area (Å²) >= 11 is 0. The fourth-order valence-electron chi connectivity index (χ4n) is 2.01. The van der Waals surface area contributed by atoms with Gasteiger partial charge in [0.05, 0.1) is 5.69 Å². The summed E-state index contributed by atoms with van der Waals surface area (Å²) in [5.41, 5.74) is 1.00. The third-order valence-corrected chi connectivity index (χ3v) is 2.94. The molecule has 0 aliphatic heterocycles. The van der Waals surface area contributed by atoms with Crippen molar-refractivity contribution in [1.82, 2.24) is 15.3 Å². The molecule has 1 aromatic heterocycles. The highest BCUT2D eigenvalue weighted by Gasteiger charge is 2.29. The normalized spacial score (nSPS) is 13.8. The van der Waals surface area contributed by atoms with Crippen molar-refractivity contribution in [3.8, 4) is 0 Å². The van der Waals surface area contributed by atoms with Crippen LogP contribution in [0.15, 0.2) is 12.3 Å². The fraction of sp³-hybridized carbons (Fsp3) is 0.750. The van der Waals surface area contributed by atoms with Gasteiger partial charge in [0, 0.05) is 19.3 Å². The topological polar surface area (TPSA) is 47.0 Å². The van der Waals surface area contributed by atoms with Crippen LogP contribution in [0.3, 0.4) is 0 Å². The Bertz CT molecular complexity index is 399.